The maximum absolute atomic E-state index is 12.0. The number of benzene rings is 1. The predicted molar refractivity (Wildman–Crippen MR) is 87.2 cm³/mol. The number of hydrogen-bond donors (Lipinski definition) is 2. The summed E-state index contributed by atoms with van der Waals surface area (Å²) < 4.78 is 1.85. The molecule has 0 bridgehead atoms. The Morgan fingerprint density at radius 1 is 1.30 bits per heavy atom. The van der Waals surface area contributed by atoms with Crippen molar-refractivity contribution in [1.82, 2.24) is 25.5 Å². The van der Waals surface area contributed by atoms with Crippen molar-refractivity contribution in [1.29, 1.82) is 0 Å². The molecule has 1 aliphatic carbocycles. The van der Waals surface area contributed by atoms with Crippen LogP contribution in [0.4, 0.5) is 10.5 Å². The molecule has 1 aliphatic rings. The molecule has 2 N–H and O–H groups in total. The standard InChI is InChI=1S/C15H19ClN6O/c16-11-5-4-6-12(9-11)18-15(23)17-10-14-19-20-21-22(14)13-7-2-1-3-8-13/h4-6,9,13H,1-3,7-8,10H2,(H2,17,18,23). The summed E-state index contributed by atoms with van der Waals surface area (Å²) in [7, 11) is 0. The molecule has 1 aromatic heterocycles. The minimum Gasteiger partial charge on any atom is -0.331 e. The number of anilines is 1. The van der Waals surface area contributed by atoms with Crippen LogP contribution in [0, 0.1) is 0 Å². The molecule has 1 aromatic carbocycles. The van der Waals surface area contributed by atoms with Crippen molar-refractivity contribution in [3.8, 4) is 0 Å². The van der Waals surface area contributed by atoms with Crippen LogP contribution in [-0.2, 0) is 6.54 Å². The molecule has 2 amide bonds. The maximum Gasteiger partial charge on any atom is 0.319 e. The first-order valence-corrected chi connectivity index (χ1v) is 8.17. The molecular weight excluding hydrogens is 316 g/mol. The number of hydrogen-bond acceptors (Lipinski definition) is 4. The van der Waals surface area contributed by atoms with Crippen molar-refractivity contribution in [3.05, 3.63) is 35.1 Å². The van der Waals surface area contributed by atoms with Gasteiger partial charge in [0.05, 0.1) is 12.6 Å². The van der Waals surface area contributed by atoms with Crippen LogP contribution in [-0.4, -0.2) is 26.2 Å². The molecule has 122 valence electrons. The Morgan fingerprint density at radius 3 is 2.91 bits per heavy atom. The first-order chi connectivity index (χ1) is 11.2. The molecule has 2 aromatic rings. The van der Waals surface area contributed by atoms with Gasteiger partial charge in [0.15, 0.2) is 5.82 Å². The van der Waals surface area contributed by atoms with E-state index in [4.69, 9.17) is 11.6 Å². The number of tetrazole rings is 1. The predicted octanol–water partition coefficient (Wildman–Crippen LogP) is 3.15. The molecule has 1 fully saturated rings. The minimum absolute atomic E-state index is 0.288. The number of carbonyl (C=O) groups excluding carboxylic acids is 1. The normalized spacial score (nSPS) is 15.3. The lowest BCUT2D eigenvalue weighted by Crippen LogP contribution is -2.30. The van der Waals surface area contributed by atoms with Crippen LogP contribution >= 0.6 is 11.6 Å². The zero-order valence-electron chi connectivity index (χ0n) is 12.7. The van der Waals surface area contributed by atoms with E-state index in [1.807, 2.05) is 4.68 Å². The third kappa shape index (κ3) is 4.19. The quantitative estimate of drug-likeness (QED) is 0.899. The molecule has 0 unspecified atom stereocenters. The summed E-state index contributed by atoms with van der Waals surface area (Å²) in [6.45, 7) is 0.288. The first-order valence-electron chi connectivity index (χ1n) is 7.79. The molecule has 8 heteroatoms. The second-order valence-corrected chi connectivity index (χ2v) is 6.09. The fraction of sp³-hybridized carbons (Fsp3) is 0.467. The van der Waals surface area contributed by atoms with Gasteiger partial charge in [-0.05, 0) is 41.5 Å². The largest absolute Gasteiger partial charge is 0.331 e. The minimum atomic E-state index is -0.314. The van der Waals surface area contributed by atoms with Crippen molar-refractivity contribution in [2.45, 2.75) is 44.7 Å². The molecule has 0 atom stereocenters. The summed E-state index contributed by atoms with van der Waals surface area (Å²) in [5.74, 6) is 0.679. The summed E-state index contributed by atoms with van der Waals surface area (Å²) in [5.41, 5.74) is 0.641. The van der Waals surface area contributed by atoms with E-state index < -0.39 is 0 Å². The summed E-state index contributed by atoms with van der Waals surface area (Å²) in [6.07, 6.45) is 5.85. The lowest BCUT2D eigenvalue weighted by molar-refractivity contribution is 0.250. The highest BCUT2D eigenvalue weighted by Gasteiger charge is 2.20. The van der Waals surface area contributed by atoms with Gasteiger partial charge in [0, 0.05) is 10.7 Å². The van der Waals surface area contributed by atoms with E-state index in [1.54, 1.807) is 24.3 Å². The Bertz CT molecular complexity index is 667. The SMILES string of the molecule is O=C(NCc1nnnn1C1CCCCC1)Nc1cccc(Cl)c1. The molecule has 3 rings (SSSR count). The molecule has 0 radical (unpaired) electrons. The van der Waals surface area contributed by atoms with Crippen molar-refractivity contribution in [2.24, 2.45) is 0 Å². The van der Waals surface area contributed by atoms with Gasteiger partial charge in [-0.1, -0.05) is 36.9 Å². The second kappa shape index (κ2) is 7.41. The van der Waals surface area contributed by atoms with E-state index in [-0.39, 0.29) is 12.6 Å². The van der Waals surface area contributed by atoms with E-state index in [0.29, 0.717) is 22.6 Å². The number of amides is 2. The van der Waals surface area contributed by atoms with Gasteiger partial charge < -0.3 is 10.6 Å². The van der Waals surface area contributed by atoms with Crippen molar-refractivity contribution in [3.63, 3.8) is 0 Å². The summed E-state index contributed by atoms with van der Waals surface area (Å²) in [4.78, 5) is 12.0. The Balaban J connectivity index is 1.56. The van der Waals surface area contributed by atoms with Crippen LogP contribution in [0.2, 0.25) is 5.02 Å². The van der Waals surface area contributed by atoms with Crippen molar-refractivity contribution in [2.75, 3.05) is 5.32 Å². The van der Waals surface area contributed by atoms with Crippen LogP contribution in [0.5, 0.6) is 0 Å². The van der Waals surface area contributed by atoms with Crippen molar-refractivity contribution >= 4 is 23.3 Å². The third-order valence-electron chi connectivity index (χ3n) is 3.97. The van der Waals surface area contributed by atoms with Gasteiger partial charge in [-0.3, -0.25) is 0 Å². The topological polar surface area (TPSA) is 84.7 Å². The van der Waals surface area contributed by atoms with Gasteiger partial charge >= 0.3 is 6.03 Å². The van der Waals surface area contributed by atoms with Crippen LogP contribution in [0.15, 0.2) is 24.3 Å². The van der Waals surface area contributed by atoms with E-state index in [2.05, 4.69) is 26.2 Å². The van der Waals surface area contributed by atoms with Crippen molar-refractivity contribution < 1.29 is 4.79 Å². The highest BCUT2D eigenvalue weighted by atomic mass is 35.5. The molecular formula is C15H19ClN6O. The number of halogens is 1. The molecule has 0 saturated heterocycles. The Labute approximate surface area is 139 Å². The highest BCUT2D eigenvalue weighted by molar-refractivity contribution is 6.30. The van der Waals surface area contributed by atoms with Crippen LogP contribution < -0.4 is 10.6 Å². The molecule has 1 saturated carbocycles. The molecule has 23 heavy (non-hydrogen) atoms. The third-order valence-corrected chi connectivity index (χ3v) is 4.21. The molecule has 7 nitrogen and oxygen atoms in total. The summed E-state index contributed by atoms with van der Waals surface area (Å²) in [6, 6.07) is 7.02. The van der Waals surface area contributed by atoms with Gasteiger partial charge in [0.1, 0.15) is 0 Å². The Morgan fingerprint density at radius 2 is 2.13 bits per heavy atom. The number of nitrogens with one attached hydrogen (secondary N) is 2. The maximum atomic E-state index is 12.0. The Kier molecular flexibility index (Phi) is 5.07. The number of urea groups is 1. The number of aromatic nitrogens is 4. The monoisotopic (exact) mass is 334 g/mol. The van der Waals surface area contributed by atoms with Gasteiger partial charge in [0.25, 0.3) is 0 Å². The summed E-state index contributed by atoms with van der Waals surface area (Å²) >= 11 is 5.89. The smallest absolute Gasteiger partial charge is 0.319 e. The average Bonchev–Trinajstić information content (AvgIpc) is 3.02. The zero-order chi connectivity index (χ0) is 16.1. The van der Waals surface area contributed by atoms with Gasteiger partial charge in [0.2, 0.25) is 0 Å². The van der Waals surface area contributed by atoms with Crippen LogP contribution in [0.1, 0.15) is 44.0 Å². The fourth-order valence-electron chi connectivity index (χ4n) is 2.84. The van der Waals surface area contributed by atoms with E-state index in [0.717, 1.165) is 12.8 Å². The second-order valence-electron chi connectivity index (χ2n) is 5.65. The number of rotatable bonds is 4. The van der Waals surface area contributed by atoms with E-state index >= 15 is 0 Å². The lowest BCUT2D eigenvalue weighted by Gasteiger charge is -2.22. The number of nitrogens with zero attached hydrogens (tertiary/aromatic N) is 4. The zero-order valence-corrected chi connectivity index (χ0v) is 13.5. The lowest BCUT2D eigenvalue weighted by atomic mass is 9.96. The average molecular weight is 335 g/mol. The number of carbonyl (C=O) groups is 1. The first kappa shape index (κ1) is 15.7. The van der Waals surface area contributed by atoms with E-state index in [9.17, 15) is 4.79 Å². The Hall–Kier alpha value is -2.15. The highest BCUT2D eigenvalue weighted by Crippen LogP contribution is 2.27. The molecule has 0 spiro atoms. The molecule has 1 heterocycles. The van der Waals surface area contributed by atoms with Crippen LogP contribution in [0.3, 0.4) is 0 Å². The summed E-state index contributed by atoms with van der Waals surface area (Å²) in [5, 5.41) is 17.9. The molecule has 0 aliphatic heterocycles. The van der Waals surface area contributed by atoms with Gasteiger partial charge in [-0.2, -0.15) is 0 Å². The van der Waals surface area contributed by atoms with Crippen LogP contribution in [0.25, 0.3) is 0 Å². The van der Waals surface area contributed by atoms with E-state index in [1.165, 1.54) is 19.3 Å². The fourth-order valence-corrected chi connectivity index (χ4v) is 3.03. The van der Waals surface area contributed by atoms with Gasteiger partial charge in [-0.15, -0.1) is 5.10 Å². The van der Waals surface area contributed by atoms with Gasteiger partial charge in [-0.25, -0.2) is 9.48 Å².